The molecule has 0 aliphatic rings. The van der Waals surface area contributed by atoms with Gasteiger partial charge in [-0.25, -0.2) is 4.98 Å². The molecule has 0 radical (unpaired) electrons. The molecule has 1 amide bonds. The fraction of sp³-hybridized carbons (Fsp3) is 0.143. The second-order valence-electron chi connectivity index (χ2n) is 5.78. The fourth-order valence-electron chi connectivity index (χ4n) is 2.52. The smallest absolute Gasteiger partial charge is 0.263 e. The first kappa shape index (κ1) is 18.3. The zero-order valence-electron chi connectivity index (χ0n) is 15.3. The number of pyridine rings is 1. The molecule has 0 saturated heterocycles. The molecule has 0 aliphatic heterocycles. The van der Waals surface area contributed by atoms with Gasteiger partial charge in [-0.05, 0) is 36.4 Å². The summed E-state index contributed by atoms with van der Waals surface area (Å²) in [6, 6.07) is 20.8. The van der Waals surface area contributed by atoms with E-state index in [0.717, 1.165) is 11.4 Å². The molecule has 1 aromatic heterocycles. The third-order valence-corrected chi connectivity index (χ3v) is 3.97. The first-order valence-corrected chi connectivity index (χ1v) is 8.48. The average Bonchev–Trinajstić information content (AvgIpc) is 2.73. The Balaban J connectivity index is 1.57. The molecule has 27 heavy (non-hydrogen) atoms. The number of rotatable bonds is 7. The van der Waals surface area contributed by atoms with Crippen LogP contribution in [-0.2, 0) is 4.79 Å². The maximum Gasteiger partial charge on any atom is 0.263 e. The van der Waals surface area contributed by atoms with Crippen LogP contribution >= 0.6 is 0 Å². The summed E-state index contributed by atoms with van der Waals surface area (Å²) in [5.74, 6) is 1.27. The maximum absolute atomic E-state index is 12.1. The van der Waals surface area contributed by atoms with Crippen molar-refractivity contribution in [3.8, 4) is 11.5 Å². The first-order valence-electron chi connectivity index (χ1n) is 8.48. The van der Waals surface area contributed by atoms with E-state index in [2.05, 4.69) is 10.3 Å². The maximum atomic E-state index is 12.1. The van der Waals surface area contributed by atoms with Crippen LogP contribution in [0.25, 0.3) is 0 Å². The number of para-hydroxylation sites is 3. The Morgan fingerprint density at radius 3 is 2.33 bits per heavy atom. The lowest BCUT2D eigenvalue weighted by atomic mass is 10.2. The first-order chi connectivity index (χ1) is 13.2. The van der Waals surface area contributed by atoms with E-state index in [1.807, 2.05) is 60.5 Å². The Labute approximate surface area is 158 Å². The number of aromatic nitrogens is 1. The molecule has 1 heterocycles. The van der Waals surface area contributed by atoms with Gasteiger partial charge in [0.1, 0.15) is 5.82 Å². The van der Waals surface area contributed by atoms with Gasteiger partial charge in [0.2, 0.25) is 0 Å². The number of hydrogen-bond acceptors (Lipinski definition) is 5. The van der Waals surface area contributed by atoms with E-state index in [1.165, 1.54) is 0 Å². The van der Waals surface area contributed by atoms with E-state index in [9.17, 15) is 4.79 Å². The lowest BCUT2D eigenvalue weighted by Gasteiger charge is -2.19. The Kier molecular flexibility index (Phi) is 5.89. The molecule has 0 aliphatic carbocycles. The highest BCUT2D eigenvalue weighted by atomic mass is 16.5. The van der Waals surface area contributed by atoms with Gasteiger partial charge >= 0.3 is 0 Å². The SMILES string of the molecule is COc1ccccc1OCC(=O)Nc1ccc(N(C)c2ccccc2)cn1. The van der Waals surface area contributed by atoms with Crippen molar-refractivity contribution in [3.63, 3.8) is 0 Å². The van der Waals surface area contributed by atoms with Crippen LogP contribution < -0.4 is 19.7 Å². The predicted octanol–water partition coefficient (Wildman–Crippen LogP) is 3.88. The van der Waals surface area contributed by atoms with Crippen molar-refractivity contribution in [1.82, 2.24) is 4.98 Å². The highest BCUT2D eigenvalue weighted by Crippen LogP contribution is 2.26. The summed E-state index contributed by atoms with van der Waals surface area (Å²) >= 11 is 0. The number of anilines is 3. The minimum absolute atomic E-state index is 0.131. The molecule has 6 nitrogen and oxygen atoms in total. The van der Waals surface area contributed by atoms with Crippen molar-refractivity contribution in [1.29, 1.82) is 0 Å². The molecule has 3 aromatic rings. The van der Waals surface area contributed by atoms with E-state index in [-0.39, 0.29) is 12.5 Å². The average molecular weight is 363 g/mol. The topological polar surface area (TPSA) is 63.7 Å². The van der Waals surface area contributed by atoms with Gasteiger partial charge < -0.3 is 19.7 Å². The van der Waals surface area contributed by atoms with Gasteiger partial charge in [0.05, 0.1) is 19.0 Å². The van der Waals surface area contributed by atoms with E-state index < -0.39 is 0 Å². The lowest BCUT2D eigenvalue weighted by molar-refractivity contribution is -0.118. The van der Waals surface area contributed by atoms with E-state index in [0.29, 0.717) is 17.3 Å². The monoisotopic (exact) mass is 363 g/mol. The lowest BCUT2D eigenvalue weighted by Crippen LogP contribution is -2.21. The summed E-state index contributed by atoms with van der Waals surface area (Å²) in [6.45, 7) is -0.131. The molecule has 6 heteroatoms. The predicted molar refractivity (Wildman–Crippen MR) is 106 cm³/mol. The number of benzene rings is 2. The molecular formula is C21H21N3O3. The Morgan fingerprint density at radius 1 is 0.963 bits per heavy atom. The van der Waals surface area contributed by atoms with Gasteiger partial charge in [0.25, 0.3) is 5.91 Å². The molecule has 1 N–H and O–H groups in total. The summed E-state index contributed by atoms with van der Waals surface area (Å²) in [4.78, 5) is 18.4. The zero-order valence-corrected chi connectivity index (χ0v) is 15.3. The van der Waals surface area contributed by atoms with Gasteiger partial charge in [0, 0.05) is 12.7 Å². The van der Waals surface area contributed by atoms with Crippen LogP contribution in [0.1, 0.15) is 0 Å². The second-order valence-corrected chi connectivity index (χ2v) is 5.78. The molecule has 0 atom stereocenters. The summed E-state index contributed by atoms with van der Waals surface area (Å²) in [7, 11) is 3.52. The fourth-order valence-corrected chi connectivity index (χ4v) is 2.52. The van der Waals surface area contributed by atoms with Gasteiger partial charge in [-0.3, -0.25) is 4.79 Å². The number of amides is 1. The van der Waals surface area contributed by atoms with Crippen molar-refractivity contribution in [2.24, 2.45) is 0 Å². The number of hydrogen-bond donors (Lipinski definition) is 1. The second kappa shape index (κ2) is 8.71. The van der Waals surface area contributed by atoms with Crippen LogP contribution in [-0.4, -0.2) is 31.7 Å². The van der Waals surface area contributed by atoms with E-state index in [1.54, 1.807) is 31.5 Å². The minimum atomic E-state index is -0.294. The number of methoxy groups -OCH3 is 1. The van der Waals surface area contributed by atoms with Gasteiger partial charge in [-0.2, -0.15) is 0 Å². The number of nitrogens with one attached hydrogen (secondary N) is 1. The van der Waals surface area contributed by atoms with Crippen molar-refractivity contribution in [2.45, 2.75) is 0 Å². The minimum Gasteiger partial charge on any atom is -0.493 e. The van der Waals surface area contributed by atoms with Crippen molar-refractivity contribution in [3.05, 3.63) is 72.9 Å². The standard InChI is InChI=1S/C21H21N3O3/c1-24(16-8-4-3-5-9-16)17-12-13-20(22-14-17)23-21(25)15-27-19-11-7-6-10-18(19)26-2/h3-14H,15H2,1-2H3,(H,22,23,25). The summed E-state index contributed by atoms with van der Waals surface area (Å²) in [5.41, 5.74) is 1.98. The molecule has 2 aromatic carbocycles. The van der Waals surface area contributed by atoms with Crippen LogP contribution in [0.5, 0.6) is 11.5 Å². The molecule has 0 unspecified atom stereocenters. The summed E-state index contributed by atoms with van der Waals surface area (Å²) < 4.78 is 10.7. The summed E-state index contributed by atoms with van der Waals surface area (Å²) in [5, 5.41) is 2.72. The van der Waals surface area contributed by atoms with Crippen LogP contribution in [0, 0.1) is 0 Å². The quantitative estimate of drug-likeness (QED) is 0.690. The highest BCUT2D eigenvalue weighted by Gasteiger charge is 2.09. The normalized spacial score (nSPS) is 10.1. The Hall–Kier alpha value is -3.54. The Morgan fingerprint density at radius 2 is 1.67 bits per heavy atom. The van der Waals surface area contributed by atoms with Gasteiger partial charge in [0.15, 0.2) is 18.1 Å². The van der Waals surface area contributed by atoms with Gasteiger partial charge in [-0.15, -0.1) is 0 Å². The molecule has 0 saturated carbocycles. The van der Waals surface area contributed by atoms with E-state index in [4.69, 9.17) is 9.47 Å². The number of carbonyl (C=O) groups excluding carboxylic acids is 1. The van der Waals surface area contributed by atoms with Crippen molar-refractivity contribution in [2.75, 3.05) is 31.0 Å². The number of ether oxygens (including phenoxy) is 2. The Bertz CT molecular complexity index is 883. The van der Waals surface area contributed by atoms with E-state index >= 15 is 0 Å². The molecule has 0 fully saturated rings. The zero-order chi connectivity index (χ0) is 19.1. The third-order valence-electron chi connectivity index (χ3n) is 3.97. The van der Waals surface area contributed by atoms with Crippen LogP contribution in [0.2, 0.25) is 0 Å². The van der Waals surface area contributed by atoms with Crippen LogP contribution in [0.4, 0.5) is 17.2 Å². The molecule has 0 spiro atoms. The van der Waals surface area contributed by atoms with Gasteiger partial charge in [-0.1, -0.05) is 30.3 Å². The number of carbonyl (C=O) groups is 1. The van der Waals surface area contributed by atoms with Crippen molar-refractivity contribution >= 4 is 23.1 Å². The van der Waals surface area contributed by atoms with Crippen molar-refractivity contribution < 1.29 is 14.3 Å². The third kappa shape index (κ3) is 4.76. The molecule has 138 valence electrons. The molecule has 0 bridgehead atoms. The van der Waals surface area contributed by atoms with Crippen LogP contribution in [0.3, 0.4) is 0 Å². The summed E-state index contributed by atoms with van der Waals surface area (Å²) in [6.07, 6.45) is 1.71. The molecular weight excluding hydrogens is 342 g/mol. The largest absolute Gasteiger partial charge is 0.493 e. The number of nitrogens with zero attached hydrogens (tertiary/aromatic N) is 2. The highest BCUT2D eigenvalue weighted by molar-refractivity contribution is 5.91. The van der Waals surface area contributed by atoms with Crippen LogP contribution in [0.15, 0.2) is 72.9 Å². The molecule has 3 rings (SSSR count).